The highest BCUT2D eigenvalue weighted by Crippen LogP contribution is 2.19. The van der Waals surface area contributed by atoms with E-state index in [1.54, 1.807) is 11.3 Å². The predicted octanol–water partition coefficient (Wildman–Crippen LogP) is 3.55. The molecule has 2 N–H and O–H groups in total. The molecule has 0 bridgehead atoms. The van der Waals surface area contributed by atoms with Gasteiger partial charge in [-0.3, -0.25) is 4.79 Å². The highest BCUT2D eigenvalue weighted by Gasteiger charge is 2.06. The Kier molecular flexibility index (Phi) is 4.52. The maximum Gasteiger partial charge on any atom is 0.224 e. The number of hydrogen-bond acceptors (Lipinski definition) is 3. The molecular weight excluding hydrogens is 265 g/mol. The van der Waals surface area contributed by atoms with Gasteiger partial charge in [0.25, 0.3) is 0 Å². The zero-order valence-corrected chi connectivity index (χ0v) is 11.0. The zero-order chi connectivity index (χ0) is 13.7. The number of aromatic hydroxyl groups is 1. The molecule has 0 spiro atoms. The molecule has 0 atom stereocenters. The quantitative estimate of drug-likeness (QED) is 0.822. The van der Waals surface area contributed by atoms with Crippen LogP contribution < -0.4 is 5.32 Å². The van der Waals surface area contributed by atoms with Crippen LogP contribution in [0.15, 0.2) is 35.7 Å². The van der Waals surface area contributed by atoms with Crippen molar-refractivity contribution in [2.75, 3.05) is 5.32 Å². The van der Waals surface area contributed by atoms with E-state index in [1.807, 2.05) is 17.5 Å². The molecule has 1 aromatic heterocycles. The van der Waals surface area contributed by atoms with Crippen LogP contribution in [0.3, 0.4) is 0 Å². The first kappa shape index (κ1) is 13.5. The lowest BCUT2D eigenvalue weighted by atomic mass is 10.2. The second kappa shape index (κ2) is 6.33. The highest BCUT2D eigenvalue weighted by molar-refractivity contribution is 7.09. The summed E-state index contributed by atoms with van der Waals surface area (Å²) in [6.07, 6.45) is 2.02. The van der Waals surface area contributed by atoms with Gasteiger partial charge in [-0.25, -0.2) is 4.39 Å². The molecule has 5 heteroatoms. The van der Waals surface area contributed by atoms with Crippen molar-refractivity contribution in [3.63, 3.8) is 0 Å². The lowest BCUT2D eigenvalue weighted by Gasteiger charge is -2.05. The average Bonchev–Trinajstić information content (AvgIpc) is 2.87. The van der Waals surface area contributed by atoms with Crippen molar-refractivity contribution in [3.05, 3.63) is 46.4 Å². The molecule has 0 saturated heterocycles. The lowest BCUT2D eigenvalue weighted by molar-refractivity contribution is -0.116. The van der Waals surface area contributed by atoms with E-state index in [1.165, 1.54) is 17.0 Å². The van der Waals surface area contributed by atoms with Gasteiger partial charge >= 0.3 is 0 Å². The van der Waals surface area contributed by atoms with Gasteiger partial charge < -0.3 is 10.4 Å². The molecule has 0 aliphatic carbocycles. The number of phenolic OH excluding ortho intramolecular Hbond substituents is 1. The minimum absolute atomic E-state index is 0.151. The Morgan fingerprint density at radius 2 is 2.21 bits per heavy atom. The van der Waals surface area contributed by atoms with E-state index in [4.69, 9.17) is 5.11 Å². The van der Waals surface area contributed by atoms with Gasteiger partial charge in [-0.2, -0.15) is 0 Å². The van der Waals surface area contributed by atoms with Gasteiger partial charge in [0.1, 0.15) is 0 Å². The van der Waals surface area contributed by atoms with Crippen LogP contribution in [-0.2, 0) is 11.2 Å². The van der Waals surface area contributed by atoms with Gasteiger partial charge in [0.2, 0.25) is 5.91 Å². The third kappa shape index (κ3) is 4.06. The van der Waals surface area contributed by atoms with Gasteiger partial charge in [-0.1, -0.05) is 6.07 Å². The summed E-state index contributed by atoms with van der Waals surface area (Å²) in [6.45, 7) is 0. The standard InChI is InChI=1S/C14H14FNO2S/c15-12-9-10(6-7-13(12)17)16-14(18)5-1-3-11-4-2-8-19-11/h2,4,6-9,17H,1,3,5H2,(H,16,18). The fourth-order valence-electron chi connectivity index (χ4n) is 1.69. The number of anilines is 1. The summed E-state index contributed by atoms with van der Waals surface area (Å²) >= 11 is 1.67. The summed E-state index contributed by atoms with van der Waals surface area (Å²) in [5, 5.41) is 13.7. The summed E-state index contributed by atoms with van der Waals surface area (Å²) in [7, 11) is 0. The van der Waals surface area contributed by atoms with Gasteiger partial charge in [0, 0.05) is 23.1 Å². The first-order valence-electron chi connectivity index (χ1n) is 5.96. The number of amides is 1. The van der Waals surface area contributed by atoms with Crippen LogP contribution >= 0.6 is 11.3 Å². The average molecular weight is 279 g/mol. The Morgan fingerprint density at radius 1 is 1.37 bits per heavy atom. The van der Waals surface area contributed by atoms with E-state index >= 15 is 0 Å². The van der Waals surface area contributed by atoms with Crippen LogP contribution in [0.5, 0.6) is 5.75 Å². The van der Waals surface area contributed by atoms with Crippen molar-refractivity contribution in [1.29, 1.82) is 0 Å². The fourth-order valence-corrected chi connectivity index (χ4v) is 2.44. The molecule has 100 valence electrons. The van der Waals surface area contributed by atoms with Crippen LogP contribution in [0.25, 0.3) is 0 Å². The summed E-state index contributed by atoms with van der Waals surface area (Å²) in [5.41, 5.74) is 0.358. The molecule has 1 heterocycles. The van der Waals surface area contributed by atoms with Crippen LogP contribution in [0.2, 0.25) is 0 Å². The molecule has 0 fully saturated rings. The smallest absolute Gasteiger partial charge is 0.224 e. The van der Waals surface area contributed by atoms with Crippen LogP contribution in [0.1, 0.15) is 17.7 Å². The predicted molar refractivity (Wildman–Crippen MR) is 74.0 cm³/mol. The number of halogens is 1. The minimum Gasteiger partial charge on any atom is -0.505 e. The van der Waals surface area contributed by atoms with Gasteiger partial charge in [-0.05, 0) is 36.4 Å². The monoisotopic (exact) mass is 279 g/mol. The van der Waals surface area contributed by atoms with Crippen molar-refractivity contribution in [1.82, 2.24) is 0 Å². The molecular formula is C14H14FNO2S. The number of thiophene rings is 1. The van der Waals surface area contributed by atoms with Crippen LogP contribution in [0, 0.1) is 5.82 Å². The molecule has 0 saturated carbocycles. The Balaban J connectivity index is 1.79. The highest BCUT2D eigenvalue weighted by atomic mass is 32.1. The summed E-state index contributed by atoms with van der Waals surface area (Å²) < 4.78 is 13.1. The number of rotatable bonds is 5. The lowest BCUT2D eigenvalue weighted by Crippen LogP contribution is -2.11. The van der Waals surface area contributed by atoms with E-state index in [0.717, 1.165) is 18.9 Å². The molecule has 0 radical (unpaired) electrons. The Bertz CT molecular complexity index is 555. The summed E-state index contributed by atoms with van der Waals surface area (Å²) in [4.78, 5) is 12.9. The van der Waals surface area contributed by atoms with Gasteiger partial charge in [-0.15, -0.1) is 11.3 Å². The SMILES string of the molecule is O=C(CCCc1cccs1)Nc1ccc(O)c(F)c1. The van der Waals surface area contributed by atoms with E-state index < -0.39 is 11.6 Å². The number of nitrogens with one attached hydrogen (secondary N) is 1. The molecule has 0 unspecified atom stereocenters. The van der Waals surface area contributed by atoms with Gasteiger partial charge in [0.05, 0.1) is 0 Å². The second-order valence-corrected chi connectivity index (χ2v) is 5.18. The number of phenols is 1. The Morgan fingerprint density at radius 3 is 2.89 bits per heavy atom. The first-order valence-corrected chi connectivity index (χ1v) is 6.84. The van der Waals surface area contributed by atoms with Crippen molar-refractivity contribution >= 4 is 22.9 Å². The van der Waals surface area contributed by atoms with Crippen molar-refractivity contribution in [3.8, 4) is 5.75 Å². The Labute approximate surface area is 114 Å². The normalized spacial score (nSPS) is 10.4. The number of aryl methyl sites for hydroxylation is 1. The van der Waals surface area contributed by atoms with Crippen LogP contribution in [0.4, 0.5) is 10.1 Å². The maximum atomic E-state index is 13.1. The molecule has 0 aliphatic heterocycles. The fraction of sp³-hybridized carbons (Fsp3) is 0.214. The number of hydrogen-bond donors (Lipinski definition) is 2. The summed E-state index contributed by atoms with van der Waals surface area (Å²) in [6, 6.07) is 7.82. The van der Waals surface area contributed by atoms with Crippen molar-refractivity contribution in [2.24, 2.45) is 0 Å². The topological polar surface area (TPSA) is 49.3 Å². The van der Waals surface area contributed by atoms with Crippen molar-refractivity contribution < 1.29 is 14.3 Å². The summed E-state index contributed by atoms with van der Waals surface area (Å²) in [5.74, 6) is -1.31. The second-order valence-electron chi connectivity index (χ2n) is 4.15. The van der Waals surface area contributed by atoms with Crippen LogP contribution in [-0.4, -0.2) is 11.0 Å². The number of carbonyl (C=O) groups excluding carboxylic acids is 1. The minimum atomic E-state index is -0.739. The van der Waals surface area contributed by atoms with E-state index in [2.05, 4.69) is 5.32 Å². The maximum absolute atomic E-state index is 13.1. The molecule has 2 aromatic rings. The third-order valence-electron chi connectivity index (χ3n) is 2.64. The molecule has 2 rings (SSSR count). The first-order chi connectivity index (χ1) is 9.15. The molecule has 19 heavy (non-hydrogen) atoms. The number of carbonyl (C=O) groups is 1. The van der Waals surface area contributed by atoms with E-state index in [-0.39, 0.29) is 5.91 Å². The molecule has 3 nitrogen and oxygen atoms in total. The molecule has 0 aliphatic rings. The third-order valence-corrected chi connectivity index (χ3v) is 3.57. The zero-order valence-electron chi connectivity index (χ0n) is 10.2. The Hall–Kier alpha value is -1.88. The van der Waals surface area contributed by atoms with Crippen molar-refractivity contribution in [2.45, 2.75) is 19.3 Å². The molecule has 1 amide bonds. The molecule has 1 aromatic carbocycles. The largest absolute Gasteiger partial charge is 0.505 e. The van der Waals surface area contributed by atoms with E-state index in [0.29, 0.717) is 12.1 Å². The van der Waals surface area contributed by atoms with E-state index in [9.17, 15) is 9.18 Å². The van der Waals surface area contributed by atoms with Gasteiger partial charge in [0.15, 0.2) is 11.6 Å². The number of benzene rings is 1.